The van der Waals surface area contributed by atoms with Crippen LogP contribution < -0.4 is 10.7 Å². The Labute approximate surface area is 175 Å². The number of carbonyl (C=O) groups is 2. The van der Waals surface area contributed by atoms with Gasteiger partial charge in [0.1, 0.15) is 0 Å². The molecule has 2 rings (SSSR count). The Morgan fingerprint density at radius 3 is 2.36 bits per heavy atom. The van der Waals surface area contributed by atoms with Crippen molar-refractivity contribution in [2.45, 2.75) is 39.0 Å². The molecule has 0 aliphatic carbocycles. The van der Waals surface area contributed by atoms with Crippen LogP contribution in [0, 0.1) is 0 Å². The number of halogens is 2. The second kappa shape index (κ2) is 11.5. The largest absolute Gasteiger partial charge is 0.325 e. The van der Waals surface area contributed by atoms with E-state index in [0.717, 1.165) is 30.5 Å². The van der Waals surface area contributed by atoms with E-state index in [2.05, 4.69) is 22.8 Å². The summed E-state index contributed by atoms with van der Waals surface area (Å²) in [4.78, 5) is 24.1. The minimum atomic E-state index is -0.317. The van der Waals surface area contributed by atoms with Crippen LogP contribution in [0.4, 0.5) is 5.69 Å². The molecule has 0 spiro atoms. The van der Waals surface area contributed by atoms with Gasteiger partial charge in [-0.25, -0.2) is 5.43 Å². The Morgan fingerprint density at radius 2 is 1.68 bits per heavy atom. The molecule has 0 fully saturated rings. The summed E-state index contributed by atoms with van der Waals surface area (Å²) in [6.45, 7) is 2.10. The molecule has 0 heterocycles. The molecule has 0 aromatic heterocycles. The lowest BCUT2D eigenvalue weighted by Gasteiger charge is -2.08. The van der Waals surface area contributed by atoms with Gasteiger partial charge < -0.3 is 5.32 Å². The zero-order chi connectivity index (χ0) is 20.4. The van der Waals surface area contributed by atoms with Crippen LogP contribution in [0.3, 0.4) is 0 Å². The molecule has 2 aromatic carbocycles. The molecule has 2 N–H and O–H groups in total. The van der Waals surface area contributed by atoms with Gasteiger partial charge in [-0.05, 0) is 36.6 Å². The number of amides is 2. The van der Waals surface area contributed by atoms with Crippen LogP contribution in [-0.4, -0.2) is 17.5 Å². The number of benzene rings is 2. The minimum Gasteiger partial charge on any atom is -0.325 e. The molecule has 28 heavy (non-hydrogen) atoms. The minimum absolute atomic E-state index is 0.0237. The second-order valence-electron chi connectivity index (χ2n) is 6.24. The summed E-state index contributed by atoms with van der Waals surface area (Å²) in [7, 11) is 0. The van der Waals surface area contributed by atoms with Crippen molar-refractivity contribution in [1.82, 2.24) is 5.43 Å². The highest BCUT2D eigenvalue weighted by molar-refractivity contribution is 6.36. The number of rotatable bonds is 9. The van der Waals surface area contributed by atoms with E-state index < -0.39 is 0 Å². The first kappa shape index (κ1) is 21.9. The number of hydrogen-bond donors (Lipinski definition) is 2. The quantitative estimate of drug-likeness (QED) is 0.420. The predicted molar refractivity (Wildman–Crippen MR) is 115 cm³/mol. The third-order valence-corrected chi connectivity index (χ3v) is 4.52. The van der Waals surface area contributed by atoms with Crippen LogP contribution in [0.25, 0.3) is 0 Å². The lowest BCUT2D eigenvalue weighted by molar-refractivity contribution is -0.124. The van der Waals surface area contributed by atoms with E-state index in [1.165, 1.54) is 0 Å². The summed E-state index contributed by atoms with van der Waals surface area (Å²) in [6, 6.07) is 14.5. The molecule has 0 aliphatic rings. The van der Waals surface area contributed by atoms with Crippen molar-refractivity contribution in [3.63, 3.8) is 0 Å². The standard InChI is InChI=1S/C21H23Cl2N3O2/c1-2-3-9-18(15-7-5-4-6-8-15)25-26-21(28)13-12-20(27)24-19-11-10-16(22)14-17(19)23/h4-8,10-11,14H,2-3,9,12-13H2,1H3,(H,24,27)(H,26,28). The van der Waals surface area contributed by atoms with Crippen molar-refractivity contribution in [2.24, 2.45) is 5.10 Å². The first-order valence-corrected chi connectivity index (χ1v) is 9.91. The van der Waals surface area contributed by atoms with Gasteiger partial charge in [0, 0.05) is 17.9 Å². The van der Waals surface area contributed by atoms with E-state index in [-0.39, 0.29) is 24.7 Å². The van der Waals surface area contributed by atoms with Crippen molar-refractivity contribution < 1.29 is 9.59 Å². The highest BCUT2D eigenvalue weighted by Crippen LogP contribution is 2.25. The predicted octanol–water partition coefficient (Wildman–Crippen LogP) is 5.42. The summed E-state index contributed by atoms with van der Waals surface area (Å²) >= 11 is 11.9. The van der Waals surface area contributed by atoms with Gasteiger partial charge in [-0.1, -0.05) is 66.9 Å². The lowest BCUT2D eigenvalue weighted by atomic mass is 10.1. The molecule has 2 amide bonds. The molecule has 0 radical (unpaired) electrons. The molecule has 0 aliphatic heterocycles. The molecule has 5 nitrogen and oxygen atoms in total. The van der Waals surface area contributed by atoms with Gasteiger partial charge in [-0.2, -0.15) is 5.10 Å². The lowest BCUT2D eigenvalue weighted by Crippen LogP contribution is -2.22. The van der Waals surface area contributed by atoms with Crippen LogP contribution in [-0.2, 0) is 9.59 Å². The van der Waals surface area contributed by atoms with Gasteiger partial charge in [0.05, 0.1) is 16.4 Å². The van der Waals surface area contributed by atoms with Crippen molar-refractivity contribution in [2.75, 3.05) is 5.32 Å². The summed E-state index contributed by atoms with van der Waals surface area (Å²) in [6.07, 6.45) is 2.84. The number of carbonyl (C=O) groups excluding carboxylic acids is 2. The first-order chi connectivity index (χ1) is 13.5. The number of nitrogens with one attached hydrogen (secondary N) is 2. The number of anilines is 1. The fraction of sp³-hybridized carbons (Fsp3) is 0.286. The van der Waals surface area contributed by atoms with Gasteiger partial charge >= 0.3 is 0 Å². The second-order valence-corrected chi connectivity index (χ2v) is 7.08. The van der Waals surface area contributed by atoms with E-state index in [4.69, 9.17) is 23.2 Å². The fourth-order valence-electron chi connectivity index (χ4n) is 2.46. The Kier molecular flexibility index (Phi) is 8.98. The van der Waals surface area contributed by atoms with E-state index in [0.29, 0.717) is 15.7 Å². The van der Waals surface area contributed by atoms with Crippen molar-refractivity contribution in [3.05, 3.63) is 64.1 Å². The summed E-state index contributed by atoms with van der Waals surface area (Å²) in [5.41, 5.74) is 4.82. The maximum Gasteiger partial charge on any atom is 0.240 e. The van der Waals surface area contributed by atoms with Gasteiger partial charge in [-0.15, -0.1) is 0 Å². The van der Waals surface area contributed by atoms with E-state index in [1.807, 2.05) is 30.3 Å². The maximum atomic E-state index is 12.1. The average Bonchev–Trinajstić information content (AvgIpc) is 2.69. The summed E-state index contributed by atoms with van der Waals surface area (Å²) in [5, 5.41) is 7.76. The van der Waals surface area contributed by atoms with Crippen molar-refractivity contribution in [1.29, 1.82) is 0 Å². The molecule has 0 bridgehead atoms. The van der Waals surface area contributed by atoms with Gasteiger partial charge in [-0.3, -0.25) is 9.59 Å². The average molecular weight is 420 g/mol. The summed E-state index contributed by atoms with van der Waals surface area (Å²) < 4.78 is 0. The number of hydrogen-bond acceptors (Lipinski definition) is 3. The van der Waals surface area contributed by atoms with Crippen LogP contribution in [0.5, 0.6) is 0 Å². The molecule has 0 saturated carbocycles. The molecular weight excluding hydrogens is 397 g/mol. The van der Waals surface area contributed by atoms with E-state index in [1.54, 1.807) is 18.2 Å². The molecule has 0 unspecified atom stereocenters. The molecule has 0 atom stereocenters. The molecule has 148 valence electrons. The van der Waals surface area contributed by atoms with Crippen molar-refractivity contribution >= 4 is 46.4 Å². The number of nitrogens with zero attached hydrogens (tertiary/aromatic N) is 1. The van der Waals surface area contributed by atoms with E-state index >= 15 is 0 Å². The van der Waals surface area contributed by atoms with Gasteiger partial charge in [0.15, 0.2) is 0 Å². The Morgan fingerprint density at radius 1 is 0.964 bits per heavy atom. The highest BCUT2D eigenvalue weighted by atomic mass is 35.5. The zero-order valence-corrected chi connectivity index (χ0v) is 17.2. The monoisotopic (exact) mass is 419 g/mol. The topological polar surface area (TPSA) is 70.6 Å². The third-order valence-electron chi connectivity index (χ3n) is 3.97. The number of unbranched alkanes of at least 4 members (excludes halogenated alkanes) is 1. The smallest absolute Gasteiger partial charge is 0.240 e. The summed E-state index contributed by atoms with van der Waals surface area (Å²) in [5.74, 6) is -0.625. The Balaban J connectivity index is 1.87. The molecule has 0 saturated heterocycles. The fourth-order valence-corrected chi connectivity index (χ4v) is 2.91. The van der Waals surface area contributed by atoms with Crippen LogP contribution in [0.15, 0.2) is 53.6 Å². The van der Waals surface area contributed by atoms with Crippen LogP contribution in [0.1, 0.15) is 44.6 Å². The Hall–Kier alpha value is -2.37. The Bertz CT molecular complexity index is 839. The van der Waals surface area contributed by atoms with Crippen LogP contribution >= 0.6 is 23.2 Å². The molecular formula is C21H23Cl2N3O2. The third kappa shape index (κ3) is 7.33. The number of hydrazone groups is 1. The SMILES string of the molecule is CCCCC(=NNC(=O)CCC(=O)Nc1ccc(Cl)cc1Cl)c1ccccc1. The normalized spacial score (nSPS) is 11.2. The zero-order valence-electron chi connectivity index (χ0n) is 15.7. The highest BCUT2D eigenvalue weighted by Gasteiger charge is 2.10. The molecule has 7 heteroatoms. The van der Waals surface area contributed by atoms with E-state index in [9.17, 15) is 9.59 Å². The maximum absolute atomic E-state index is 12.1. The van der Waals surface area contributed by atoms with Crippen molar-refractivity contribution in [3.8, 4) is 0 Å². The first-order valence-electron chi connectivity index (χ1n) is 9.15. The van der Waals surface area contributed by atoms with Crippen LogP contribution in [0.2, 0.25) is 10.0 Å². The molecule has 2 aromatic rings. The van der Waals surface area contributed by atoms with Gasteiger partial charge in [0.2, 0.25) is 11.8 Å². The van der Waals surface area contributed by atoms with Gasteiger partial charge in [0.25, 0.3) is 0 Å².